The maximum absolute atomic E-state index is 11.7. The zero-order chi connectivity index (χ0) is 11.2. The van der Waals surface area contributed by atoms with Gasteiger partial charge in [0.15, 0.2) is 0 Å². The van der Waals surface area contributed by atoms with E-state index in [-0.39, 0.29) is 13.0 Å². The highest BCUT2D eigenvalue weighted by Gasteiger charge is 2.38. The van der Waals surface area contributed by atoms with E-state index in [1.807, 2.05) is 0 Å². The molecule has 0 aromatic rings. The molecule has 0 aromatic heterocycles. The van der Waals surface area contributed by atoms with Crippen molar-refractivity contribution in [3.8, 4) is 0 Å². The molecule has 0 aliphatic heterocycles. The van der Waals surface area contributed by atoms with Crippen molar-refractivity contribution in [2.45, 2.75) is 25.9 Å². The molecule has 0 fully saturated rings. The molecular weight excluding hydrogens is 201 g/mol. The van der Waals surface area contributed by atoms with Crippen molar-refractivity contribution in [2.24, 2.45) is 0 Å². The van der Waals surface area contributed by atoms with Crippen molar-refractivity contribution in [1.82, 2.24) is 0 Å². The Kier molecular flexibility index (Phi) is 5.37. The van der Waals surface area contributed by atoms with E-state index in [0.717, 1.165) is 0 Å². The number of ketones is 2. The molecule has 0 heterocycles. The summed E-state index contributed by atoms with van der Waals surface area (Å²) in [7, 11) is 0. The summed E-state index contributed by atoms with van der Waals surface area (Å²) >= 11 is 0. The van der Waals surface area contributed by atoms with Crippen molar-refractivity contribution in [1.29, 1.82) is 0 Å². The fourth-order valence-corrected chi connectivity index (χ4v) is 0.698. The Morgan fingerprint density at radius 3 is 2.29 bits per heavy atom. The molecule has 82 valence electrons. The maximum atomic E-state index is 11.7. The first-order valence-corrected chi connectivity index (χ1v) is 4.07. The highest BCUT2D eigenvalue weighted by Crippen LogP contribution is 2.18. The average molecular weight is 212 g/mol. The normalized spacial score (nSPS) is 11.4. The summed E-state index contributed by atoms with van der Waals surface area (Å²) in [5, 5.41) is 0. The minimum atomic E-state index is -4.92. The molecule has 0 unspecified atom stereocenters. The second-order valence-corrected chi connectivity index (χ2v) is 2.58. The fraction of sp³-hybridized carbons (Fsp3) is 0.750. The second kappa shape index (κ2) is 5.74. The molecule has 0 aliphatic rings. The molecule has 0 amide bonds. The zero-order valence-electron chi connectivity index (χ0n) is 7.69. The number of ether oxygens (including phenoxy) is 1. The molecule has 3 nitrogen and oxygen atoms in total. The molecule has 0 saturated heterocycles. The number of Topliss-reactive ketones (excluding diaryl/α,β-unsaturated/α-hetero) is 2. The van der Waals surface area contributed by atoms with Crippen LogP contribution in [0, 0.1) is 0 Å². The number of carbonyl (C=O) groups excluding carboxylic acids is 2. The summed E-state index contributed by atoms with van der Waals surface area (Å²) in [6.07, 6.45) is -6.16. The summed E-state index contributed by atoms with van der Waals surface area (Å²) in [6, 6.07) is 0. The molecule has 0 atom stereocenters. The Morgan fingerprint density at radius 1 is 1.29 bits per heavy atom. The summed E-state index contributed by atoms with van der Waals surface area (Å²) in [4.78, 5) is 21.1. The van der Waals surface area contributed by atoms with Gasteiger partial charge in [0.05, 0.1) is 13.0 Å². The van der Waals surface area contributed by atoms with Crippen LogP contribution in [0.1, 0.15) is 19.8 Å². The van der Waals surface area contributed by atoms with Crippen molar-refractivity contribution in [3.05, 3.63) is 0 Å². The van der Waals surface area contributed by atoms with Crippen molar-refractivity contribution < 1.29 is 27.5 Å². The molecule has 0 aromatic carbocycles. The lowest BCUT2D eigenvalue weighted by molar-refractivity contribution is -0.171. The first-order chi connectivity index (χ1) is 6.38. The Hall–Kier alpha value is -0.910. The SMILES string of the molecule is CCOCCC(=O)CC(=O)C(F)(F)F. The molecule has 0 bridgehead atoms. The number of halogens is 3. The monoisotopic (exact) mass is 212 g/mol. The van der Waals surface area contributed by atoms with Crippen LogP contribution in [0.4, 0.5) is 13.2 Å². The molecule has 0 spiro atoms. The number of rotatable bonds is 6. The van der Waals surface area contributed by atoms with Gasteiger partial charge < -0.3 is 4.74 Å². The zero-order valence-corrected chi connectivity index (χ0v) is 7.69. The standard InChI is InChI=1S/C8H11F3O3/c1-2-14-4-3-6(12)5-7(13)8(9,10)11/h2-5H2,1H3. The Balaban J connectivity index is 3.78. The molecular formula is C8H11F3O3. The molecule has 0 rings (SSSR count). The van der Waals surface area contributed by atoms with Crippen LogP contribution in [0.25, 0.3) is 0 Å². The van der Waals surface area contributed by atoms with Gasteiger partial charge in [-0.05, 0) is 6.92 Å². The van der Waals surface area contributed by atoms with Gasteiger partial charge in [0, 0.05) is 13.0 Å². The molecule has 0 saturated carbocycles. The van der Waals surface area contributed by atoms with E-state index < -0.39 is 24.2 Å². The number of alkyl halides is 3. The second-order valence-electron chi connectivity index (χ2n) is 2.58. The Bertz CT molecular complexity index is 210. The number of hydrogen-bond acceptors (Lipinski definition) is 3. The van der Waals surface area contributed by atoms with Crippen molar-refractivity contribution in [2.75, 3.05) is 13.2 Å². The highest BCUT2D eigenvalue weighted by atomic mass is 19.4. The van der Waals surface area contributed by atoms with E-state index in [4.69, 9.17) is 4.74 Å². The van der Waals surface area contributed by atoms with Crippen molar-refractivity contribution >= 4 is 11.6 Å². The number of carbonyl (C=O) groups is 2. The van der Waals surface area contributed by atoms with Crippen molar-refractivity contribution in [3.63, 3.8) is 0 Å². The molecule has 0 radical (unpaired) electrons. The van der Waals surface area contributed by atoms with Crippen LogP contribution in [-0.2, 0) is 14.3 Å². The van der Waals surface area contributed by atoms with E-state index in [1.165, 1.54) is 0 Å². The summed E-state index contributed by atoms with van der Waals surface area (Å²) in [5.74, 6) is -2.75. The predicted molar refractivity (Wildman–Crippen MR) is 41.8 cm³/mol. The van der Waals surface area contributed by atoms with Gasteiger partial charge in [-0.2, -0.15) is 13.2 Å². The Morgan fingerprint density at radius 2 is 1.86 bits per heavy atom. The van der Waals surface area contributed by atoms with Crippen LogP contribution >= 0.6 is 0 Å². The van der Waals surface area contributed by atoms with E-state index in [1.54, 1.807) is 6.92 Å². The summed E-state index contributed by atoms with van der Waals surface area (Å²) in [5.41, 5.74) is 0. The van der Waals surface area contributed by atoms with E-state index in [0.29, 0.717) is 6.61 Å². The summed E-state index contributed by atoms with van der Waals surface area (Å²) < 4.78 is 39.8. The van der Waals surface area contributed by atoms with Gasteiger partial charge in [0.1, 0.15) is 5.78 Å². The lowest BCUT2D eigenvalue weighted by Crippen LogP contribution is -2.25. The van der Waals surface area contributed by atoms with Gasteiger partial charge in [0.2, 0.25) is 5.78 Å². The van der Waals surface area contributed by atoms with Gasteiger partial charge in [-0.25, -0.2) is 0 Å². The first kappa shape index (κ1) is 13.1. The van der Waals surface area contributed by atoms with Crippen LogP contribution in [0.15, 0.2) is 0 Å². The van der Waals surface area contributed by atoms with Gasteiger partial charge in [-0.3, -0.25) is 9.59 Å². The first-order valence-electron chi connectivity index (χ1n) is 4.07. The molecule has 0 N–H and O–H groups in total. The topological polar surface area (TPSA) is 43.4 Å². The fourth-order valence-electron chi connectivity index (χ4n) is 0.698. The number of hydrogen-bond donors (Lipinski definition) is 0. The minimum Gasteiger partial charge on any atom is -0.381 e. The van der Waals surface area contributed by atoms with E-state index in [9.17, 15) is 22.8 Å². The lowest BCUT2D eigenvalue weighted by Gasteiger charge is -2.04. The third-order valence-electron chi connectivity index (χ3n) is 1.40. The van der Waals surface area contributed by atoms with Crippen LogP contribution < -0.4 is 0 Å². The van der Waals surface area contributed by atoms with Gasteiger partial charge in [0.25, 0.3) is 0 Å². The van der Waals surface area contributed by atoms with E-state index in [2.05, 4.69) is 0 Å². The van der Waals surface area contributed by atoms with Gasteiger partial charge >= 0.3 is 6.18 Å². The van der Waals surface area contributed by atoms with Crippen LogP contribution in [0.2, 0.25) is 0 Å². The van der Waals surface area contributed by atoms with Crippen LogP contribution in [-0.4, -0.2) is 31.0 Å². The van der Waals surface area contributed by atoms with Crippen LogP contribution in [0.3, 0.4) is 0 Å². The minimum absolute atomic E-state index is 0.0560. The maximum Gasteiger partial charge on any atom is 0.450 e. The Labute approximate surface area is 79.2 Å². The van der Waals surface area contributed by atoms with Gasteiger partial charge in [-0.1, -0.05) is 0 Å². The summed E-state index contributed by atoms with van der Waals surface area (Å²) in [6.45, 7) is 2.15. The van der Waals surface area contributed by atoms with Crippen LogP contribution in [0.5, 0.6) is 0 Å². The predicted octanol–water partition coefficient (Wildman–Crippen LogP) is 1.50. The highest BCUT2D eigenvalue weighted by molar-refractivity contribution is 6.01. The molecule has 6 heteroatoms. The third-order valence-corrected chi connectivity index (χ3v) is 1.40. The van der Waals surface area contributed by atoms with E-state index >= 15 is 0 Å². The average Bonchev–Trinajstić information content (AvgIpc) is 2.03. The van der Waals surface area contributed by atoms with Gasteiger partial charge in [-0.15, -0.1) is 0 Å². The molecule has 0 aliphatic carbocycles. The quantitative estimate of drug-likeness (QED) is 0.495. The largest absolute Gasteiger partial charge is 0.450 e. The lowest BCUT2D eigenvalue weighted by atomic mass is 10.1. The molecule has 14 heavy (non-hydrogen) atoms. The third kappa shape index (κ3) is 5.69. The smallest absolute Gasteiger partial charge is 0.381 e.